The van der Waals surface area contributed by atoms with Gasteiger partial charge < -0.3 is 11.1 Å². The number of anilines is 1. The van der Waals surface area contributed by atoms with Gasteiger partial charge in [0.25, 0.3) is 0 Å². The number of para-hydroxylation sites is 2. The number of carbonyl (C=O) groups is 1. The van der Waals surface area contributed by atoms with Gasteiger partial charge in [0, 0.05) is 18.8 Å². The normalized spacial score (nSPS) is 12.1. The average molecular weight is 258 g/mol. The molecule has 5 nitrogen and oxygen atoms in total. The Morgan fingerprint density at radius 2 is 2.21 bits per heavy atom. The van der Waals surface area contributed by atoms with Crippen LogP contribution in [-0.2, 0) is 4.79 Å². The van der Waals surface area contributed by atoms with E-state index in [0.29, 0.717) is 13.0 Å². The maximum absolute atomic E-state index is 11.9. The SMILES string of the molecule is CC(CN)CC(=O)Nc1ccccc1-n1cccn1. The number of nitrogens with one attached hydrogen (secondary N) is 1. The Morgan fingerprint density at radius 1 is 1.42 bits per heavy atom. The predicted octanol–water partition coefficient (Wildman–Crippen LogP) is 1.80. The Hall–Kier alpha value is -2.14. The van der Waals surface area contributed by atoms with Gasteiger partial charge in [-0.25, -0.2) is 4.68 Å². The van der Waals surface area contributed by atoms with Gasteiger partial charge in [-0.1, -0.05) is 19.1 Å². The molecule has 19 heavy (non-hydrogen) atoms. The Kier molecular flexibility index (Phi) is 4.30. The van der Waals surface area contributed by atoms with Crippen LogP contribution in [0, 0.1) is 5.92 Å². The maximum atomic E-state index is 11.9. The van der Waals surface area contributed by atoms with E-state index in [4.69, 9.17) is 5.73 Å². The summed E-state index contributed by atoms with van der Waals surface area (Å²) in [5, 5.41) is 7.09. The van der Waals surface area contributed by atoms with Crippen LogP contribution < -0.4 is 11.1 Å². The van der Waals surface area contributed by atoms with Gasteiger partial charge in [0.15, 0.2) is 0 Å². The minimum absolute atomic E-state index is 0.0300. The number of benzene rings is 1. The van der Waals surface area contributed by atoms with Gasteiger partial charge >= 0.3 is 0 Å². The first-order valence-corrected chi connectivity index (χ1v) is 6.29. The van der Waals surface area contributed by atoms with Crippen LogP contribution in [0.25, 0.3) is 5.69 Å². The van der Waals surface area contributed by atoms with Crippen LogP contribution in [0.4, 0.5) is 5.69 Å². The van der Waals surface area contributed by atoms with Crippen molar-refractivity contribution in [2.75, 3.05) is 11.9 Å². The number of nitrogens with zero attached hydrogens (tertiary/aromatic N) is 2. The van der Waals surface area contributed by atoms with Crippen molar-refractivity contribution in [1.29, 1.82) is 0 Å². The van der Waals surface area contributed by atoms with Crippen LogP contribution >= 0.6 is 0 Å². The third-order valence-electron chi connectivity index (χ3n) is 2.87. The zero-order chi connectivity index (χ0) is 13.7. The largest absolute Gasteiger partial charge is 0.330 e. The first kappa shape index (κ1) is 13.3. The second-order valence-corrected chi connectivity index (χ2v) is 4.56. The van der Waals surface area contributed by atoms with Crippen LogP contribution in [0.5, 0.6) is 0 Å². The molecule has 0 aliphatic rings. The summed E-state index contributed by atoms with van der Waals surface area (Å²) in [7, 11) is 0. The molecule has 1 amide bonds. The van der Waals surface area contributed by atoms with Crippen molar-refractivity contribution in [2.45, 2.75) is 13.3 Å². The second-order valence-electron chi connectivity index (χ2n) is 4.56. The van der Waals surface area contributed by atoms with E-state index in [2.05, 4.69) is 10.4 Å². The van der Waals surface area contributed by atoms with Crippen molar-refractivity contribution in [3.05, 3.63) is 42.7 Å². The van der Waals surface area contributed by atoms with Crippen LogP contribution in [0.2, 0.25) is 0 Å². The van der Waals surface area contributed by atoms with E-state index < -0.39 is 0 Å². The molecule has 100 valence electrons. The third-order valence-corrected chi connectivity index (χ3v) is 2.87. The lowest BCUT2D eigenvalue weighted by atomic mass is 10.1. The highest BCUT2D eigenvalue weighted by atomic mass is 16.1. The highest BCUT2D eigenvalue weighted by molar-refractivity contribution is 5.92. The van der Waals surface area contributed by atoms with Crippen LogP contribution in [0.15, 0.2) is 42.7 Å². The van der Waals surface area contributed by atoms with Gasteiger partial charge in [-0.15, -0.1) is 0 Å². The lowest BCUT2D eigenvalue weighted by Crippen LogP contribution is -2.20. The standard InChI is InChI=1S/C14H18N4O/c1-11(10-15)9-14(19)17-12-5-2-3-6-13(12)18-8-4-7-16-18/h2-8,11H,9-10,15H2,1H3,(H,17,19). The van der Waals surface area contributed by atoms with E-state index in [0.717, 1.165) is 11.4 Å². The van der Waals surface area contributed by atoms with E-state index in [-0.39, 0.29) is 11.8 Å². The summed E-state index contributed by atoms with van der Waals surface area (Å²) in [6.07, 6.45) is 3.96. The van der Waals surface area contributed by atoms with Crippen molar-refractivity contribution in [3.8, 4) is 5.69 Å². The summed E-state index contributed by atoms with van der Waals surface area (Å²) in [5.41, 5.74) is 7.13. The van der Waals surface area contributed by atoms with Gasteiger partial charge in [-0.3, -0.25) is 4.79 Å². The van der Waals surface area contributed by atoms with Crippen LogP contribution in [0.1, 0.15) is 13.3 Å². The quantitative estimate of drug-likeness (QED) is 0.858. The number of hydrogen-bond acceptors (Lipinski definition) is 3. The summed E-state index contributed by atoms with van der Waals surface area (Å²) < 4.78 is 1.72. The maximum Gasteiger partial charge on any atom is 0.224 e. The van der Waals surface area contributed by atoms with Gasteiger partial charge in [-0.2, -0.15) is 5.10 Å². The smallest absolute Gasteiger partial charge is 0.224 e. The molecule has 0 aliphatic carbocycles. The molecule has 1 heterocycles. The van der Waals surface area contributed by atoms with Crippen LogP contribution in [-0.4, -0.2) is 22.2 Å². The molecule has 0 spiro atoms. The number of nitrogens with two attached hydrogens (primary N) is 1. The Bertz CT molecular complexity index is 536. The molecule has 1 atom stereocenters. The van der Waals surface area contributed by atoms with E-state index in [1.54, 1.807) is 10.9 Å². The van der Waals surface area contributed by atoms with E-state index >= 15 is 0 Å². The fourth-order valence-electron chi connectivity index (χ4n) is 1.79. The van der Waals surface area contributed by atoms with Crippen molar-refractivity contribution in [2.24, 2.45) is 11.7 Å². The van der Waals surface area contributed by atoms with Crippen molar-refractivity contribution < 1.29 is 4.79 Å². The molecule has 5 heteroatoms. The molecule has 2 aromatic rings. The first-order chi connectivity index (χ1) is 9.20. The highest BCUT2D eigenvalue weighted by Crippen LogP contribution is 2.19. The number of hydrogen-bond donors (Lipinski definition) is 2. The average Bonchev–Trinajstić information content (AvgIpc) is 2.93. The monoisotopic (exact) mass is 258 g/mol. The first-order valence-electron chi connectivity index (χ1n) is 6.29. The lowest BCUT2D eigenvalue weighted by molar-refractivity contribution is -0.116. The zero-order valence-corrected chi connectivity index (χ0v) is 10.9. The molecule has 1 aromatic carbocycles. The lowest BCUT2D eigenvalue weighted by Gasteiger charge is -2.12. The molecule has 1 aromatic heterocycles. The Balaban J connectivity index is 2.15. The number of amides is 1. The molecule has 1 unspecified atom stereocenters. The molecular weight excluding hydrogens is 240 g/mol. The van der Waals surface area contributed by atoms with E-state index in [1.807, 2.05) is 43.5 Å². The minimum Gasteiger partial charge on any atom is -0.330 e. The zero-order valence-electron chi connectivity index (χ0n) is 10.9. The molecule has 3 N–H and O–H groups in total. The molecule has 0 saturated heterocycles. The van der Waals surface area contributed by atoms with E-state index in [1.165, 1.54) is 0 Å². The van der Waals surface area contributed by atoms with Crippen molar-refractivity contribution in [1.82, 2.24) is 9.78 Å². The number of carbonyl (C=O) groups excluding carboxylic acids is 1. The topological polar surface area (TPSA) is 72.9 Å². The fourth-order valence-corrected chi connectivity index (χ4v) is 1.79. The van der Waals surface area contributed by atoms with Crippen molar-refractivity contribution >= 4 is 11.6 Å². The highest BCUT2D eigenvalue weighted by Gasteiger charge is 2.10. The van der Waals surface area contributed by atoms with Gasteiger partial charge in [0.1, 0.15) is 0 Å². The summed E-state index contributed by atoms with van der Waals surface area (Å²) in [6.45, 7) is 2.47. The Labute approximate surface area is 112 Å². The summed E-state index contributed by atoms with van der Waals surface area (Å²) in [6, 6.07) is 9.41. The van der Waals surface area contributed by atoms with Crippen molar-refractivity contribution in [3.63, 3.8) is 0 Å². The second kappa shape index (κ2) is 6.15. The fraction of sp³-hybridized carbons (Fsp3) is 0.286. The predicted molar refractivity (Wildman–Crippen MR) is 75.0 cm³/mol. The van der Waals surface area contributed by atoms with Gasteiger partial charge in [0.05, 0.1) is 11.4 Å². The summed E-state index contributed by atoms with van der Waals surface area (Å²) in [4.78, 5) is 11.9. The number of rotatable bonds is 5. The molecule has 0 bridgehead atoms. The molecular formula is C14H18N4O. The van der Waals surface area contributed by atoms with Gasteiger partial charge in [-0.05, 0) is 30.7 Å². The van der Waals surface area contributed by atoms with Gasteiger partial charge in [0.2, 0.25) is 5.91 Å². The minimum atomic E-state index is -0.0300. The van der Waals surface area contributed by atoms with E-state index in [9.17, 15) is 4.79 Å². The molecule has 0 aliphatic heterocycles. The van der Waals surface area contributed by atoms with Crippen LogP contribution in [0.3, 0.4) is 0 Å². The molecule has 2 rings (SSSR count). The third kappa shape index (κ3) is 3.42. The number of aromatic nitrogens is 2. The Morgan fingerprint density at radius 3 is 2.89 bits per heavy atom. The molecule has 0 saturated carbocycles. The summed E-state index contributed by atoms with van der Waals surface area (Å²) >= 11 is 0. The molecule has 0 fully saturated rings. The summed E-state index contributed by atoms with van der Waals surface area (Å²) in [5.74, 6) is 0.148. The molecule has 0 radical (unpaired) electrons.